The fourth-order valence-electron chi connectivity index (χ4n) is 5.47. The maximum Gasteiger partial charge on any atom is 0.269 e. The van der Waals surface area contributed by atoms with Crippen LogP contribution in [0.25, 0.3) is 10.9 Å². The average Bonchev–Trinajstić information content (AvgIpc) is 3.02. The Kier molecular flexibility index (Phi) is 8.44. The SMILES string of the molecule is CC(C)(C)N1CCN(Cc2ccc3cc(C(=O)Nc4cc(NC(=O)C5COc6ccccc6O5)ccc4Cl)ccc3n2)CC1. The molecule has 228 valence electrons. The molecule has 44 heavy (non-hydrogen) atoms. The lowest BCUT2D eigenvalue weighted by atomic mass is 10.0. The Hall–Kier alpha value is -4.18. The van der Waals surface area contributed by atoms with Crippen LogP contribution in [0.1, 0.15) is 36.8 Å². The first-order chi connectivity index (χ1) is 21.1. The van der Waals surface area contributed by atoms with Gasteiger partial charge >= 0.3 is 0 Å². The van der Waals surface area contributed by atoms with E-state index < -0.39 is 6.10 Å². The number of benzene rings is 3. The second-order valence-corrected chi connectivity index (χ2v) is 12.6. The summed E-state index contributed by atoms with van der Waals surface area (Å²) in [5.74, 6) is 0.425. The number of aromatic nitrogens is 1. The standard InChI is InChI=1S/C34H36ClN5O4/c1-34(2,3)40-16-14-39(15-17-40)20-25-10-8-22-18-23(9-13-27(22)36-25)32(41)38-28-19-24(11-12-26(28)35)37-33(42)31-21-43-29-6-4-5-7-30(29)44-31/h4-13,18-19,31H,14-17,20-21H2,1-3H3,(H,37,42)(H,38,41). The van der Waals surface area contributed by atoms with Crippen molar-refractivity contribution in [3.05, 3.63) is 89.1 Å². The Bertz CT molecular complexity index is 1700. The second-order valence-electron chi connectivity index (χ2n) is 12.1. The van der Waals surface area contributed by atoms with Gasteiger partial charge in [0.25, 0.3) is 11.8 Å². The van der Waals surface area contributed by atoms with Crippen LogP contribution in [-0.4, -0.2) is 71.0 Å². The summed E-state index contributed by atoms with van der Waals surface area (Å²) in [6.07, 6.45) is -0.816. The molecular weight excluding hydrogens is 578 g/mol. The Morgan fingerprint density at radius 3 is 2.48 bits per heavy atom. The summed E-state index contributed by atoms with van der Waals surface area (Å²) in [5.41, 5.74) is 3.36. The third kappa shape index (κ3) is 6.80. The number of hydrogen-bond acceptors (Lipinski definition) is 7. The number of amides is 2. The molecule has 3 aromatic carbocycles. The number of piperazine rings is 1. The highest BCUT2D eigenvalue weighted by atomic mass is 35.5. The van der Waals surface area contributed by atoms with Crippen molar-refractivity contribution in [1.29, 1.82) is 0 Å². The molecule has 6 rings (SSSR count). The molecule has 10 heteroatoms. The molecule has 9 nitrogen and oxygen atoms in total. The van der Waals surface area contributed by atoms with Gasteiger partial charge in [-0.2, -0.15) is 0 Å². The van der Waals surface area contributed by atoms with Crippen LogP contribution in [0.2, 0.25) is 5.02 Å². The van der Waals surface area contributed by atoms with E-state index in [0.717, 1.165) is 49.3 Å². The fraction of sp³-hybridized carbons (Fsp3) is 0.324. The van der Waals surface area contributed by atoms with Crippen LogP contribution < -0.4 is 20.1 Å². The number of carbonyl (C=O) groups is 2. The molecule has 1 atom stereocenters. The molecule has 0 bridgehead atoms. The number of anilines is 2. The molecule has 1 fully saturated rings. The minimum atomic E-state index is -0.816. The van der Waals surface area contributed by atoms with E-state index in [9.17, 15) is 9.59 Å². The zero-order chi connectivity index (χ0) is 30.8. The Balaban J connectivity index is 1.08. The van der Waals surface area contributed by atoms with Crippen LogP contribution in [0.15, 0.2) is 72.8 Å². The van der Waals surface area contributed by atoms with Gasteiger partial charge in [0.15, 0.2) is 11.5 Å². The first kappa shape index (κ1) is 29.9. The Labute approximate surface area is 262 Å². The van der Waals surface area contributed by atoms with Crippen molar-refractivity contribution >= 4 is 45.7 Å². The maximum atomic E-state index is 13.2. The highest BCUT2D eigenvalue weighted by Gasteiger charge is 2.28. The Morgan fingerprint density at radius 2 is 1.70 bits per heavy atom. The normalized spacial score (nSPS) is 17.3. The molecule has 1 saturated heterocycles. The predicted molar refractivity (Wildman–Crippen MR) is 173 cm³/mol. The highest BCUT2D eigenvalue weighted by Crippen LogP contribution is 2.32. The summed E-state index contributed by atoms with van der Waals surface area (Å²) >= 11 is 6.40. The number of fused-ring (bicyclic) bond motifs is 2. The molecule has 0 radical (unpaired) electrons. The van der Waals surface area contributed by atoms with E-state index in [2.05, 4.69) is 41.2 Å². The number of nitrogens with one attached hydrogen (secondary N) is 2. The van der Waals surface area contributed by atoms with Crippen molar-refractivity contribution in [1.82, 2.24) is 14.8 Å². The molecule has 3 heterocycles. The van der Waals surface area contributed by atoms with E-state index in [0.29, 0.717) is 33.5 Å². The molecule has 0 saturated carbocycles. The first-order valence-electron chi connectivity index (χ1n) is 14.8. The van der Waals surface area contributed by atoms with Crippen LogP contribution >= 0.6 is 11.6 Å². The van der Waals surface area contributed by atoms with Gasteiger partial charge < -0.3 is 20.1 Å². The van der Waals surface area contributed by atoms with Crippen molar-refractivity contribution in [3.63, 3.8) is 0 Å². The molecular formula is C34H36ClN5O4. The topological polar surface area (TPSA) is 96.0 Å². The summed E-state index contributed by atoms with van der Waals surface area (Å²) in [6.45, 7) is 11.8. The van der Waals surface area contributed by atoms with E-state index >= 15 is 0 Å². The van der Waals surface area contributed by atoms with E-state index in [-0.39, 0.29) is 24.0 Å². The highest BCUT2D eigenvalue weighted by molar-refractivity contribution is 6.34. The quantitative estimate of drug-likeness (QED) is 0.282. The smallest absolute Gasteiger partial charge is 0.269 e. The zero-order valence-corrected chi connectivity index (χ0v) is 25.9. The number of ether oxygens (including phenoxy) is 2. The minimum absolute atomic E-state index is 0.0901. The number of rotatable bonds is 6. The number of halogens is 1. The lowest BCUT2D eigenvalue weighted by Crippen LogP contribution is -2.53. The monoisotopic (exact) mass is 613 g/mol. The van der Waals surface area contributed by atoms with Crippen LogP contribution in [-0.2, 0) is 11.3 Å². The number of pyridine rings is 1. The summed E-state index contributed by atoms with van der Waals surface area (Å²) in [6, 6.07) is 21.6. The lowest BCUT2D eigenvalue weighted by molar-refractivity contribution is -0.125. The van der Waals surface area contributed by atoms with Crippen LogP contribution in [0, 0.1) is 0 Å². The third-order valence-electron chi connectivity index (χ3n) is 8.00. The molecule has 2 amide bonds. The first-order valence-corrected chi connectivity index (χ1v) is 15.2. The van der Waals surface area contributed by atoms with Gasteiger partial charge in [0, 0.05) is 54.9 Å². The summed E-state index contributed by atoms with van der Waals surface area (Å²) in [4.78, 5) is 35.9. The van der Waals surface area contributed by atoms with Crippen molar-refractivity contribution < 1.29 is 19.1 Å². The molecule has 2 N–H and O–H groups in total. The summed E-state index contributed by atoms with van der Waals surface area (Å²) < 4.78 is 11.4. The fourth-order valence-corrected chi connectivity index (χ4v) is 5.63. The number of hydrogen-bond donors (Lipinski definition) is 2. The van der Waals surface area contributed by atoms with Gasteiger partial charge in [-0.3, -0.25) is 24.4 Å². The van der Waals surface area contributed by atoms with Gasteiger partial charge in [0.05, 0.1) is 21.9 Å². The molecule has 0 spiro atoms. The molecule has 2 aliphatic heterocycles. The molecule has 2 aliphatic rings. The molecule has 0 aliphatic carbocycles. The van der Waals surface area contributed by atoms with Gasteiger partial charge in [-0.15, -0.1) is 0 Å². The largest absolute Gasteiger partial charge is 0.485 e. The van der Waals surface area contributed by atoms with E-state index in [1.807, 2.05) is 36.4 Å². The molecule has 1 aromatic heterocycles. The summed E-state index contributed by atoms with van der Waals surface area (Å²) in [5, 5.41) is 6.91. The van der Waals surface area contributed by atoms with Gasteiger partial charge in [0.2, 0.25) is 6.10 Å². The lowest BCUT2D eigenvalue weighted by Gasteiger charge is -2.42. The van der Waals surface area contributed by atoms with Crippen molar-refractivity contribution in [3.8, 4) is 11.5 Å². The average molecular weight is 614 g/mol. The van der Waals surface area contributed by atoms with Crippen molar-refractivity contribution in [2.75, 3.05) is 43.4 Å². The minimum Gasteiger partial charge on any atom is -0.485 e. The number of carbonyl (C=O) groups excluding carboxylic acids is 2. The second kappa shape index (κ2) is 12.4. The van der Waals surface area contributed by atoms with E-state index in [4.69, 9.17) is 26.1 Å². The third-order valence-corrected chi connectivity index (χ3v) is 8.33. The molecule has 4 aromatic rings. The van der Waals surface area contributed by atoms with Gasteiger partial charge in [-0.1, -0.05) is 29.8 Å². The maximum absolute atomic E-state index is 13.2. The van der Waals surface area contributed by atoms with Crippen LogP contribution in [0.4, 0.5) is 11.4 Å². The predicted octanol–water partition coefficient (Wildman–Crippen LogP) is 5.84. The van der Waals surface area contributed by atoms with Crippen LogP contribution in [0.5, 0.6) is 11.5 Å². The summed E-state index contributed by atoms with van der Waals surface area (Å²) in [7, 11) is 0. The van der Waals surface area contributed by atoms with E-state index in [1.165, 1.54) is 0 Å². The molecule has 1 unspecified atom stereocenters. The van der Waals surface area contributed by atoms with Crippen molar-refractivity contribution in [2.45, 2.75) is 39.0 Å². The van der Waals surface area contributed by atoms with Gasteiger partial charge in [-0.05, 0) is 75.4 Å². The van der Waals surface area contributed by atoms with Crippen molar-refractivity contribution in [2.24, 2.45) is 0 Å². The Morgan fingerprint density at radius 1 is 0.932 bits per heavy atom. The van der Waals surface area contributed by atoms with E-state index in [1.54, 1.807) is 36.4 Å². The number of nitrogens with zero attached hydrogens (tertiary/aromatic N) is 3. The van der Waals surface area contributed by atoms with Gasteiger partial charge in [0.1, 0.15) is 6.61 Å². The number of para-hydroxylation sites is 2. The van der Waals surface area contributed by atoms with Gasteiger partial charge in [-0.25, -0.2) is 0 Å². The zero-order valence-electron chi connectivity index (χ0n) is 25.1. The van der Waals surface area contributed by atoms with Crippen LogP contribution in [0.3, 0.4) is 0 Å².